The maximum atomic E-state index is 12.7. The largest absolute Gasteiger partial charge is 0.362 e. The van der Waals surface area contributed by atoms with Gasteiger partial charge >= 0.3 is 0 Å². The normalized spacial score (nSPS) is 22.7. The molecule has 3 amide bonds. The van der Waals surface area contributed by atoms with E-state index in [2.05, 4.69) is 20.9 Å². The molecule has 2 aromatic rings. The number of carbonyl (C=O) groups is 3. The molecule has 4 rings (SSSR count). The fraction of sp³-hybridized carbons (Fsp3) is 0.368. The molecule has 8 nitrogen and oxygen atoms in total. The van der Waals surface area contributed by atoms with E-state index in [1.54, 1.807) is 29.5 Å². The summed E-state index contributed by atoms with van der Waals surface area (Å²) in [4.78, 5) is 43.4. The van der Waals surface area contributed by atoms with Crippen molar-refractivity contribution in [2.24, 2.45) is 0 Å². The lowest BCUT2D eigenvalue weighted by atomic mass is 9.95. The molecule has 1 fully saturated rings. The quantitative estimate of drug-likeness (QED) is 0.733. The molecule has 3 N–H and O–H groups in total. The number of likely N-dealkylation sites (tertiary alicyclic amines) is 1. The predicted octanol–water partition coefficient (Wildman–Crippen LogP) is 2.03. The van der Waals surface area contributed by atoms with Gasteiger partial charge < -0.3 is 20.9 Å². The van der Waals surface area contributed by atoms with Crippen LogP contribution in [0.1, 0.15) is 36.5 Å². The molecule has 1 spiro atoms. The Hall–Kier alpha value is -2.94. The highest BCUT2D eigenvalue weighted by Crippen LogP contribution is 2.32. The van der Waals surface area contributed by atoms with Crippen LogP contribution in [0.2, 0.25) is 0 Å². The molecule has 1 saturated heterocycles. The Labute approximate surface area is 166 Å². The summed E-state index contributed by atoms with van der Waals surface area (Å²) in [6, 6.07) is 6.70. The molecule has 3 heterocycles. The van der Waals surface area contributed by atoms with E-state index in [-0.39, 0.29) is 24.1 Å². The molecule has 9 heteroatoms. The minimum Gasteiger partial charge on any atom is -0.362 e. The SMILES string of the molecule is C[C@@H](C(=O)Nc1nccs1)N1CC[C@@]2(CCC1=O)NC(=O)c1ccccc1N2. The third kappa shape index (κ3) is 3.45. The first-order chi connectivity index (χ1) is 13.5. The van der Waals surface area contributed by atoms with Crippen LogP contribution in [0.15, 0.2) is 35.8 Å². The lowest BCUT2D eigenvalue weighted by molar-refractivity contribution is -0.137. The van der Waals surface area contributed by atoms with Gasteiger partial charge in [-0.05, 0) is 25.5 Å². The molecule has 2 aliphatic heterocycles. The van der Waals surface area contributed by atoms with Crippen molar-refractivity contribution in [3.63, 3.8) is 0 Å². The van der Waals surface area contributed by atoms with E-state index in [4.69, 9.17) is 0 Å². The average molecular weight is 399 g/mol. The molecule has 0 bridgehead atoms. The number of anilines is 2. The number of benzene rings is 1. The molecule has 0 saturated carbocycles. The first-order valence-electron chi connectivity index (χ1n) is 9.17. The van der Waals surface area contributed by atoms with Crippen LogP contribution in [0.25, 0.3) is 0 Å². The number of hydrogen-bond donors (Lipinski definition) is 3. The van der Waals surface area contributed by atoms with Gasteiger partial charge in [-0.2, -0.15) is 0 Å². The molecule has 146 valence electrons. The van der Waals surface area contributed by atoms with Gasteiger partial charge in [0.2, 0.25) is 11.8 Å². The summed E-state index contributed by atoms with van der Waals surface area (Å²) in [6.45, 7) is 2.07. The molecule has 0 radical (unpaired) electrons. The van der Waals surface area contributed by atoms with Gasteiger partial charge in [-0.1, -0.05) is 12.1 Å². The lowest BCUT2D eigenvalue weighted by Gasteiger charge is -2.40. The summed E-state index contributed by atoms with van der Waals surface area (Å²) in [7, 11) is 0. The van der Waals surface area contributed by atoms with Crippen LogP contribution in [0.3, 0.4) is 0 Å². The topological polar surface area (TPSA) is 103 Å². The smallest absolute Gasteiger partial charge is 0.255 e. The van der Waals surface area contributed by atoms with Gasteiger partial charge in [0.1, 0.15) is 11.7 Å². The van der Waals surface area contributed by atoms with Crippen LogP contribution in [0.5, 0.6) is 0 Å². The van der Waals surface area contributed by atoms with Crippen LogP contribution in [-0.2, 0) is 9.59 Å². The van der Waals surface area contributed by atoms with E-state index in [0.29, 0.717) is 30.1 Å². The predicted molar refractivity (Wildman–Crippen MR) is 106 cm³/mol. The minimum absolute atomic E-state index is 0.103. The Bertz CT molecular complexity index is 916. The minimum atomic E-state index is -0.693. The van der Waals surface area contributed by atoms with E-state index in [0.717, 1.165) is 5.69 Å². The fourth-order valence-corrected chi connectivity index (χ4v) is 4.22. The van der Waals surface area contributed by atoms with Crippen LogP contribution < -0.4 is 16.0 Å². The van der Waals surface area contributed by atoms with Crippen LogP contribution in [-0.4, -0.2) is 45.9 Å². The van der Waals surface area contributed by atoms with Crippen molar-refractivity contribution in [1.82, 2.24) is 15.2 Å². The maximum absolute atomic E-state index is 12.7. The Morgan fingerprint density at radius 3 is 2.89 bits per heavy atom. The molecule has 2 aliphatic rings. The summed E-state index contributed by atoms with van der Waals surface area (Å²) < 4.78 is 0. The number of rotatable bonds is 3. The Morgan fingerprint density at radius 1 is 1.29 bits per heavy atom. The number of aromatic nitrogens is 1. The Morgan fingerprint density at radius 2 is 2.11 bits per heavy atom. The second-order valence-corrected chi connectivity index (χ2v) is 7.94. The Balaban J connectivity index is 1.49. The lowest BCUT2D eigenvalue weighted by Crippen LogP contribution is -2.58. The molecule has 2 atom stereocenters. The first-order valence-corrected chi connectivity index (χ1v) is 10.0. The molecule has 1 aromatic carbocycles. The van der Waals surface area contributed by atoms with Gasteiger partial charge in [-0.25, -0.2) is 4.98 Å². The van der Waals surface area contributed by atoms with Crippen molar-refractivity contribution >= 4 is 39.9 Å². The summed E-state index contributed by atoms with van der Waals surface area (Å²) in [5, 5.41) is 11.5. The second-order valence-electron chi connectivity index (χ2n) is 7.05. The van der Waals surface area contributed by atoms with Crippen molar-refractivity contribution in [3.05, 3.63) is 41.4 Å². The maximum Gasteiger partial charge on any atom is 0.255 e. The zero-order chi connectivity index (χ0) is 19.7. The van der Waals surface area contributed by atoms with Gasteiger partial charge in [0.15, 0.2) is 5.13 Å². The Kier molecular flexibility index (Phi) is 4.76. The zero-order valence-corrected chi connectivity index (χ0v) is 16.2. The number of para-hydroxylation sites is 1. The molecular formula is C19H21N5O3S. The van der Waals surface area contributed by atoms with Gasteiger partial charge in [0.25, 0.3) is 5.91 Å². The van der Waals surface area contributed by atoms with Crippen LogP contribution in [0.4, 0.5) is 10.8 Å². The average Bonchev–Trinajstić information content (AvgIpc) is 3.14. The molecular weight excluding hydrogens is 378 g/mol. The summed E-state index contributed by atoms with van der Waals surface area (Å²) >= 11 is 1.33. The molecule has 1 aromatic heterocycles. The molecule has 0 aliphatic carbocycles. The number of nitrogens with zero attached hydrogens (tertiary/aromatic N) is 2. The van der Waals surface area contributed by atoms with Gasteiger partial charge in [0, 0.05) is 36.7 Å². The number of fused-ring (bicyclic) bond motifs is 1. The van der Waals surface area contributed by atoms with Crippen molar-refractivity contribution in [2.45, 2.75) is 37.9 Å². The number of hydrogen-bond acceptors (Lipinski definition) is 6. The zero-order valence-electron chi connectivity index (χ0n) is 15.4. The highest BCUT2D eigenvalue weighted by molar-refractivity contribution is 7.13. The second kappa shape index (κ2) is 7.23. The number of amides is 3. The summed E-state index contributed by atoms with van der Waals surface area (Å²) in [5.41, 5.74) is 0.667. The van der Waals surface area contributed by atoms with E-state index in [9.17, 15) is 14.4 Å². The van der Waals surface area contributed by atoms with E-state index in [1.807, 2.05) is 18.2 Å². The van der Waals surface area contributed by atoms with Crippen LogP contribution in [0, 0.1) is 0 Å². The summed E-state index contributed by atoms with van der Waals surface area (Å²) in [6.07, 6.45) is 2.82. The third-order valence-corrected chi connectivity index (χ3v) is 5.96. The number of carbonyl (C=O) groups excluding carboxylic acids is 3. The highest BCUT2D eigenvalue weighted by atomic mass is 32.1. The fourth-order valence-electron chi connectivity index (χ4n) is 3.68. The third-order valence-electron chi connectivity index (χ3n) is 5.27. The van der Waals surface area contributed by atoms with Crippen molar-refractivity contribution in [3.8, 4) is 0 Å². The monoisotopic (exact) mass is 399 g/mol. The van der Waals surface area contributed by atoms with Crippen molar-refractivity contribution < 1.29 is 14.4 Å². The van der Waals surface area contributed by atoms with Gasteiger partial charge in [-0.3, -0.25) is 14.4 Å². The molecule has 28 heavy (non-hydrogen) atoms. The van der Waals surface area contributed by atoms with Crippen molar-refractivity contribution in [1.29, 1.82) is 0 Å². The van der Waals surface area contributed by atoms with E-state index < -0.39 is 11.7 Å². The van der Waals surface area contributed by atoms with E-state index in [1.165, 1.54) is 11.3 Å². The number of thiazole rings is 1. The van der Waals surface area contributed by atoms with E-state index >= 15 is 0 Å². The van der Waals surface area contributed by atoms with Gasteiger partial charge in [-0.15, -0.1) is 11.3 Å². The first kappa shape index (κ1) is 18.4. The number of nitrogens with one attached hydrogen (secondary N) is 3. The summed E-state index contributed by atoms with van der Waals surface area (Å²) in [5.74, 6) is -0.524. The van der Waals surface area contributed by atoms with Gasteiger partial charge in [0.05, 0.1) is 5.56 Å². The highest BCUT2D eigenvalue weighted by Gasteiger charge is 2.41. The standard InChI is InChI=1S/C19H21N5O3S/c1-12(16(26)21-18-20-9-11-28-18)24-10-8-19(7-6-15(24)25)22-14-5-3-2-4-13(14)17(27)23-19/h2-5,9,11-12,22H,6-8,10H2,1H3,(H,23,27)(H,20,21,26)/t12-,19+/m0/s1. The van der Waals surface area contributed by atoms with Crippen molar-refractivity contribution in [2.75, 3.05) is 17.2 Å². The molecule has 0 unspecified atom stereocenters. The van der Waals surface area contributed by atoms with Crippen LogP contribution >= 0.6 is 11.3 Å².